The van der Waals surface area contributed by atoms with E-state index in [2.05, 4.69) is 22.1 Å². The lowest BCUT2D eigenvalue weighted by molar-refractivity contribution is 0.494. The summed E-state index contributed by atoms with van der Waals surface area (Å²) in [6, 6.07) is 11.8. The van der Waals surface area contributed by atoms with Crippen molar-refractivity contribution in [2.75, 3.05) is 0 Å². The quantitative estimate of drug-likeness (QED) is 0.896. The molecule has 0 amide bonds. The Hall–Kier alpha value is -1.94. The van der Waals surface area contributed by atoms with Crippen molar-refractivity contribution in [2.24, 2.45) is 5.73 Å². The minimum atomic E-state index is -0.161. The van der Waals surface area contributed by atoms with E-state index in [0.29, 0.717) is 12.2 Å². The van der Waals surface area contributed by atoms with E-state index in [4.69, 9.17) is 5.73 Å². The molecule has 1 heterocycles. The van der Waals surface area contributed by atoms with Crippen molar-refractivity contribution in [3.8, 4) is 0 Å². The summed E-state index contributed by atoms with van der Waals surface area (Å²) in [4.78, 5) is 19.4. The zero-order chi connectivity index (χ0) is 14.0. The van der Waals surface area contributed by atoms with Gasteiger partial charge in [0.25, 0.3) is 5.56 Å². The molecule has 3 N–H and O–H groups in total. The number of H-pyrrole nitrogens is 1. The van der Waals surface area contributed by atoms with Gasteiger partial charge in [-0.25, -0.2) is 4.98 Å². The maximum atomic E-state index is 11.8. The highest BCUT2D eigenvalue weighted by molar-refractivity contribution is 5.34. The third-order valence-corrected chi connectivity index (χ3v) is 4.24. The number of rotatable bonds is 3. The lowest BCUT2D eigenvalue weighted by atomic mass is 9.78. The number of aromatic nitrogens is 2. The monoisotopic (exact) mass is 269 g/mol. The van der Waals surface area contributed by atoms with Crippen molar-refractivity contribution in [3.63, 3.8) is 0 Å². The number of benzene rings is 1. The van der Waals surface area contributed by atoms with Crippen LogP contribution in [0.1, 0.15) is 42.8 Å². The van der Waals surface area contributed by atoms with Gasteiger partial charge in [-0.15, -0.1) is 0 Å². The van der Waals surface area contributed by atoms with E-state index < -0.39 is 0 Å². The fourth-order valence-electron chi connectivity index (χ4n) is 3.24. The fourth-order valence-corrected chi connectivity index (χ4v) is 3.24. The topological polar surface area (TPSA) is 71.8 Å². The van der Waals surface area contributed by atoms with Gasteiger partial charge in [-0.3, -0.25) is 4.79 Å². The molecule has 4 heteroatoms. The molecule has 0 bridgehead atoms. The van der Waals surface area contributed by atoms with Gasteiger partial charge in [0.15, 0.2) is 0 Å². The molecule has 0 saturated heterocycles. The van der Waals surface area contributed by atoms with E-state index >= 15 is 0 Å². The second-order valence-corrected chi connectivity index (χ2v) is 5.44. The maximum absolute atomic E-state index is 11.8. The Morgan fingerprint density at radius 3 is 2.55 bits per heavy atom. The summed E-state index contributed by atoms with van der Waals surface area (Å²) in [7, 11) is 0. The van der Waals surface area contributed by atoms with E-state index in [1.54, 1.807) is 0 Å². The van der Waals surface area contributed by atoms with Gasteiger partial charge in [-0.2, -0.15) is 0 Å². The normalized spacial score (nSPS) is 17.2. The summed E-state index contributed by atoms with van der Waals surface area (Å²) in [6.07, 6.45) is 4.36. The van der Waals surface area contributed by atoms with Gasteiger partial charge in [0.2, 0.25) is 0 Å². The van der Waals surface area contributed by atoms with Crippen molar-refractivity contribution in [1.29, 1.82) is 0 Å². The van der Waals surface area contributed by atoms with Gasteiger partial charge in [0.1, 0.15) is 5.82 Å². The van der Waals surface area contributed by atoms with Crippen LogP contribution in [0.3, 0.4) is 0 Å². The Bertz CT molecular complexity index is 642. The van der Waals surface area contributed by atoms with Crippen LogP contribution in [0.25, 0.3) is 0 Å². The van der Waals surface area contributed by atoms with Gasteiger partial charge in [-0.05, 0) is 18.4 Å². The molecule has 0 spiro atoms. The van der Waals surface area contributed by atoms with Gasteiger partial charge < -0.3 is 10.7 Å². The van der Waals surface area contributed by atoms with Crippen LogP contribution < -0.4 is 11.3 Å². The number of nitrogens with two attached hydrogens (primary N) is 1. The largest absolute Gasteiger partial charge is 0.325 e. The van der Waals surface area contributed by atoms with Crippen molar-refractivity contribution in [3.05, 3.63) is 63.8 Å². The Morgan fingerprint density at radius 1 is 1.20 bits per heavy atom. The van der Waals surface area contributed by atoms with Crippen LogP contribution in [0.2, 0.25) is 0 Å². The third-order valence-electron chi connectivity index (χ3n) is 4.24. The summed E-state index contributed by atoms with van der Waals surface area (Å²) in [6.45, 7) is 0.293. The SMILES string of the molecule is NCc1cc(=O)[nH]c(C2(c3ccccc3)CCCC2)n1. The average Bonchev–Trinajstić information content (AvgIpc) is 2.98. The highest BCUT2D eigenvalue weighted by Gasteiger charge is 2.39. The van der Waals surface area contributed by atoms with E-state index in [9.17, 15) is 4.79 Å². The maximum Gasteiger partial charge on any atom is 0.251 e. The molecule has 1 fully saturated rings. The fraction of sp³-hybridized carbons (Fsp3) is 0.375. The first-order valence-corrected chi connectivity index (χ1v) is 7.11. The van der Waals surface area contributed by atoms with Crippen LogP contribution in [0.4, 0.5) is 0 Å². The summed E-state index contributed by atoms with van der Waals surface area (Å²) in [5.74, 6) is 0.772. The van der Waals surface area contributed by atoms with Crippen molar-refractivity contribution >= 4 is 0 Å². The second-order valence-electron chi connectivity index (χ2n) is 5.44. The van der Waals surface area contributed by atoms with E-state index in [-0.39, 0.29) is 11.0 Å². The lowest BCUT2D eigenvalue weighted by Crippen LogP contribution is -2.30. The molecule has 1 saturated carbocycles. The molecule has 2 aromatic rings. The van der Waals surface area contributed by atoms with Crippen LogP contribution >= 0.6 is 0 Å². The number of hydrogen-bond donors (Lipinski definition) is 2. The van der Waals surface area contributed by atoms with Crippen LogP contribution in [0.5, 0.6) is 0 Å². The molecule has 0 radical (unpaired) electrons. The van der Waals surface area contributed by atoms with E-state index in [1.165, 1.54) is 11.6 Å². The van der Waals surface area contributed by atoms with Crippen LogP contribution in [0.15, 0.2) is 41.2 Å². The predicted molar refractivity (Wildman–Crippen MR) is 78.4 cm³/mol. The summed E-state index contributed by atoms with van der Waals surface area (Å²) >= 11 is 0. The smallest absolute Gasteiger partial charge is 0.251 e. The minimum absolute atomic E-state index is 0.113. The van der Waals surface area contributed by atoms with Gasteiger partial charge in [0.05, 0.1) is 11.1 Å². The molecular weight excluding hydrogens is 250 g/mol. The number of aromatic amines is 1. The van der Waals surface area contributed by atoms with Gasteiger partial charge in [0, 0.05) is 12.6 Å². The van der Waals surface area contributed by atoms with Crippen LogP contribution in [-0.2, 0) is 12.0 Å². The number of nitrogens with zero attached hydrogens (tertiary/aromatic N) is 1. The first kappa shape index (κ1) is 13.1. The van der Waals surface area contributed by atoms with Crippen molar-refractivity contribution in [2.45, 2.75) is 37.6 Å². The van der Waals surface area contributed by atoms with Crippen molar-refractivity contribution in [1.82, 2.24) is 9.97 Å². The predicted octanol–water partition coefficient (Wildman–Crippen LogP) is 2.09. The highest BCUT2D eigenvalue weighted by Crippen LogP contribution is 2.44. The molecule has 20 heavy (non-hydrogen) atoms. The Balaban J connectivity index is 2.17. The second kappa shape index (κ2) is 5.21. The van der Waals surface area contributed by atoms with E-state index in [0.717, 1.165) is 31.5 Å². The van der Waals surface area contributed by atoms with Crippen LogP contribution in [-0.4, -0.2) is 9.97 Å². The van der Waals surface area contributed by atoms with Gasteiger partial charge in [-0.1, -0.05) is 43.2 Å². The molecule has 1 aliphatic carbocycles. The standard InChI is InChI=1S/C16H19N3O/c17-11-13-10-14(20)19-15(18-13)16(8-4-5-9-16)12-6-2-1-3-7-12/h1-3,6-7,10H,4-5,8-9,11,17H2,(H,18,19,20). The molecule has 1 aromatic carbocycles. The third kappa shape index (κ3) is 2.16. The summed E-state index contributed by atoms with van der Waals surface area (Å²) in [5, 5.41) is 0. The zero-order valence-corrected chi connectivity index (χ0v) is 11.4. The molecule has 0 unspecified atom stereocenters. The molecule has 104 valence electrons. The molecule has 0 atom stereocenters. The number of nitrogens with one attached hydrogen (secondary N) is 1. The van der Waals surface area contributed by atoms with E-state index in [1.807, 2.05) is 18.2 Å². The average molecular weight is 269 g/mol. The molecule has 1 aromatic heterocycles. The Kier molecular flexibility index (Phi) is 3.40. The lowest BCUT2D eigenvalue weighted by Gasteiger charge is -2.28. The minimum Gasteiger partial charge on any atom is -0.325 e. The Labute approximate surface area is 118 Å². The van der Waals surface area contributed by atoms with Crippen molar-refractivity contribution < 1.29 is 0 Å². The first-order chi connectivity index (χ1) is 9.74. The first-order valence-electron chi connectivity index (χ1n) is 7.11. The Morgan fingerprint density at radius 2 is 1.90 bits per heavy atom. The van der Waals surface area contributed by atoms with Gasteiger partial charge >= 0.3 is 0 Å². The molecule has 3 rings (SSSR count). The summed E-state index contributed by atoms with van der Waals surface area (Å²) in [5.41, 5.74) is 7.27. The highest BCUT2D eigenvalue weighted by atomic mass is 16.1. The zero-order valence-electron chi connectivity index (χ0n) is 11.4. The van der Waals surface area contributed by atoms with Crippen LogP contribution in [0, 0.1) is 0 Å². The molecule has 1 aliphatic rings. The molecule has 4 nitrogen and oxygen atoms in total. The molecule has 0 aliphatic heterocycles. The molecular formula is C16H19N3O. The summed E-state index contributed by atoms with van der Waals surface area (Å²) < 4.78 is 0. The number of hydrogen-bond acceptors (Lipinski definition) is 3.